The van der Waals surface area contributed by atoms with Gasteiger partial charge in [-0.05, 0) is 12.0 Å². The molecule has 1 aliphatic rings. The summed E-state index contributed by atoms with van der Waals surface area (Å²) >= 11 is 0. The van der Waals surface area contributed by atoms with Gasteiger partial charge in [-0.3, -0.25) is 0 Å². The van der Waals surface area contributed by atoms with Crippen LogP contribution in [-0.4, -0.2) is 26.2 Å². The molecule has 0 aromatic rings. The maximum absolute atomic E-state index is 11.1. The lowest BCUT2D eigenvalue weighted by molar-refractivity contribution is -0.136. The fraction of sp³-hybridized carbons (Fsp3) is 0.625. The van der Waals surface area contributed by atoms with E-state index < -0.39 is 0 Å². The lowest BCUT2D eigenvalue weighted by Gasteiger charge is -2.00. The second kappa shape index (κ2) is 3.53. The van der Waals surface area contributed by atoms with E-state index in [-0.39, 0.29) is 5.97 Å². The normalized spacial score (nSPS) is 17.3. The van der Waals surface area contributed by atoms with Crippen LogP contribution in [0.15, 0.2) is 11.1 Å². The van der Waals surface area contributed by atoms with Crippen molar-refractivity contribution < 1.29 is 9.53 Å². The minimum absolute atomic E-state index is 0.188. The van der Waals surface area contributed by atoms with Gasteiger partial charge in [-0.2, -0.15) is 0 Å². The lowest BCUT2D eigenvalue weighted by atomic mass is 10.1. The number of rotatable bonds is 2. The summed E-state index contributed by atoms with van der Waals surface area (Å²) in [6.45, 7) is 3.54. The standard InChI is InChI=1S/C8H13NO2/c1-3-6-4-9-5-7(6)8(10)11-2/h9H,3-5H2,1-2H3. The van der Waals surface area contributed by atoms with E-state index in [0.717, 1.165) is 18.5 Å². The van der Waals surface area contributed by atoms with Crippen LogP contribution in [0, 0.1) is 0 Å². The summed E-state index contributed by atoms with van der Waals surface area (Å²) in [5.74, 6) is -0.188. The number of esters is 1. The molecule has 11 heavy (non-hydrogen) atoms. The summed E-state index contributed by atoms with van der Waals surface area (Å²) in [7, 11) is 1.42. The Bertz CT molecular complexity index is 196. The van der Waals surface area contributed by atoms with Gasteiger partial charge in [0.15, 0.2) is 0 Å². The van der Waals surface area contributed by atoms with Crippen LogP contribution < -0.4 is 5.32 Å². The first kappa shape index (κ1) is 8.27. The number of ether oxygens (including phenoxy) is 1. The van der Waals surface area contributed by atoms with Crippen molar-refractivity contribution in [3.63, 3.8) is 0 Å². The molecule has 0 atom stereocenters. The molecule has 0 radical (unpaired) electrons. The molecule has 0 saturated heterocycles. The monoisotopic (exact) mass is 155 g/mol. The Kier molecular flexibility index (Phi) is 2.65. The quantitative estimate of drug-likeness (QED) is 0.589. The Hall–Kier alpha value is -0.830. The molecular formula is C8H13NO2. The highest BCUT2D eigenvalue weighted by atomic mass is 16.5. The fourth-order valence-electron chi connectivity index (χ4n) is 1.25. The van der Waals surface area contributed by atoms with Crippen LogP contribution in [0.1, 0.15) is 13.3 Å². The number of carbonyl (C=O) groups is 1. The van der Waals surface area contributed by atoms with Crippen LogP contribution in [0.4, 0.5) is 0 Å². The molecule has 62 valence electrons. The van der Waals surface area contributed by atoms with E-state index in [9.17, 15) is 4.79 Å². The Morgan fingerprint density at radius 2 is 2.36 bits per heavy atom. The predicted octanol–water partition coefficient (Wildman–Crippen LogP) is 0.469. The molecule has 0 amide bonds. The number of carbonyl (C=O) groups excluding carboxylic acids is 1. The van der Waals surface area contributed by atoms with Gasteiger partial charge in [0.2, 0.25) is 0 Å². The number of hydrogen-bond acceptors (Lipinski definition) is 3. The highest BCUT2D eigenvalue weighted by Gasteiger charge is 2.18. The van der Waals surface area contributed by atoms with Crippen molar-refractivity contribution in [1.29, 1.82) is 0 Å². The maximum Gasteiger partial charge on any atom is 0.335 e. The summed E-state index contributed by atoms with van der Waals surface area (Å²) in [6, 6.07) is 0. The minimum Gasteiger partial charge on any atom is -0.466 e. The topological polar surface area (TPSA) is 38.3 Å². The number of hydrogen-bond donors (Lipinski definition) is 1. The Balaban J connectivity index is 2.74. The second-order valence-corrected chi connectivity index (χ2v) is 2.53. The van der Waals surface area contributed by atoms with Crippen LogP contribution in [0.3, 0.4) is 0 Å². The SMILES string of the molecule is CCC1=C(C(=O)OC)CNC1. The van der Waals surface area contributed by atoms with Gasteiger partial charge in [0.05, 0.1) is 12.7 Å². The molecule has 0 saturated carbocycles. The summed E-state index contributed by atoms with van der Waals surface area (Å²) in [5, 5.41) is 3.11. The third kappa shape index (κ3) is 1.60. The molecule has 1 rings (SSSR count). The highest BCUT2D eigenvalue weighted by Crippen LogP contribution is 2.13. The van der Waals surface area contributed by atoms with E-state index in [4.69, 9.17) is 0 Å². The predicted molar refractivity (Wildman–Crippen MR) is 42.2 cm³/mol. The molecule has 0 spiro atoms. The zero-order chi connectivity index (χ0) is 8.27. The van der Waals surface area contributed by atoms with Crippen molar-refractivity contribution in [3.8, 4) is 0 Å². The van der Waals surface area contributed by atoms with Crippen molar-refractivity contribution in [1.82, 2.24) is 5.32 Å². The average Bonchev–Trinajstić information content (AvgIpc) is 2.50. The minimum atomic E-state index is -0.188. The van der Waals surface area contributed by atoms with Crippen LogP contribution in [0.2, 0.25) is 0 Å². The first-order valence-corrected chi connectivity index (χ1v) is 3.79. The summed E-state index contributed by atoms with van der Waals surface area (Å²) < 4.78 is 4.63. The maximum atomic E-state index is 11.1. The second-order valence-electron chi connectivity index (χ2n) is 2.53. The lowest BCUT2D eigenvalue weighted by Crippen LogP contribution is -2.13. The molecule has 3 heteroatoms. The highest BCUT2D eigenvalue weighted by molar-refractivity contribution is 5.90. The third-order valence-corrected chi connectivity index (χ3v) is 1.93. The molecule has 0 fully saturated rings. The molecular weight excluding hydrogens is 142 g/mol. The van der Waals surface area contributed by atoms with E-state index in [1.165, 1.54) is 12.7 Å². The van der Waals surface area contributed by atoms with E-state index in [1.807, 2.05) is 6.92 Å². The van der Waals surface area contributed by atoms with Crippen molar-refractivity contribution in [3.05, 3.63) is 11.1 Å². The fourth-order valence-corrected chi connectivity index (χ4v) is 1.25. The van der Waals surface area contributed by atoms with Crippen LogP contribution in [0.25, 0.3) is 0 Å². The Morgan fingerprint density at radius 3 is 2.91 bits per heavy atom. The summed E-state index contributed by atoms with van der Waals surface area (Å²) in [4.78, 5) is 11.1. The smallest absolute Gasteiger partial charge is 0.335 e. The zero-order valence-corrected chi connectivity index (χ0v) is 6.94. The molecule has 0 unspecified atom stereocenters. The van der Waals surface area contributed by atoms with Crippen molar-refractivity contribution in [2.45, 2.75) is 13.3 Å². The van der Waals surface area contributed by atoms with Gasteiger partial charge >= 0.3 is 5.97 Å². The number of nitrogens with one attached hydrogen (secondary N) is 1. The number of methoxy groups -OCH3 is 1. The van der Waals surface area contributed by atoms with Crippen LogP contribution in [-0.2, 0) is 9.53 Å². The zero-order valence-electron chi connectivity index (χ0n) is 6.94. The molecule has 0 bridgehead atoms. The van der Waals surface area contributed by atoms with Crippen molar-refractivity contribution in [2.75, 3.05) is 20.2 Å². The Morgan fingerprint density at radius 1 is 1.64 bits per heavy atom. The van der Waals surface area contributed by atoms with E-state index in [1.54, 1.807) is 0 Å². The molecule has 0 aromatic carbocycles. The van der Waals surface area contributed by atoms with Gasteiger partial charge in [-0.1, -0.05) is 6.92 Å². The molecule has 1 aliphatic heterocycles. The van der Waals surface area contributed by atoms with Gasteiger partial charge in [0.1, 0.15) is 0 Å². The van der Waals surface area contributed by atoms with Crippen molar-refractivity contribution >= 4 is 5.97 Å². The molecule has 1 heterocycles. The largest absolute Gasteiger partial charge is 0.466 e. The van der Waals surface area contributed by atoms with Crippen molar-refractivity contribution in [2.24, 2.45) is 0 Å². The van der Waals surface area contributed by atoms with Gasteiger partial charge in [-0.25, -0.2) is 4.79 Å². The van der Waals surface area contributed by atoms with Gasteiger partial charge in [0, 0.05) is 13.1 Å². The molecule has 0 aliphatic carbocycles. The molecule has 3 nitrogen and oxygen atoms in total. The van der Waals surface area contributed by atoms with E-state index >= 15 is 0 Å². The Labute approximate surface area is 66.4 Å². The van der Waals surface area contributed by atoms with E-state index in [0.29, 0.717) is 6.54 Å². The summed E-state index contributed by atoms with van der Waals surface area (Å²) in [5.41, 5.74) is 1.99. The van der Waals surface area contributed by atoms with Crippen LogP contribution >= 0.6 is 0 Å². The first-order valence-electron chi connectivity index (χ1n) is 3.79. The average molecular weight is 155 g/mol. The van der Waals surface area contributed by atoms with Crippen LogP contribution in [0.5, 0.6) is 0 Å². The third-order valence-electron chi connectivity index (χ3n) is 1.93. The first-order chi connectivity index (χ1) is 5.29. The molecule has 1 N–H and O–H groups in total. The molecule has 0 aromatic heterocycles. The van der Waals surface area contributed by atoms with Gasteiger partial charge < -0.3 is 10.1 Å². The van der Waals surface area contributed by atoms with E-state index in [2.05, 4.69) is 10.1 Å². The summed E-state index contributed by atoms with van der Waals surface area (Å²) in [6.07, 6.45) is 0.928. The van der Waals surface area contributed by atoms with Gasteiger partial charge in [0.25, 0.3) is 0 Å². The van der Waals surface area contributed by atoms with Gasteiger partial charge in [-0.15, -0.1) is 0 Å².